The number of halogens is 3. The summed E-state index contributed by atoms with van der Waals surface area (Å²) < 4.78 is 26.1. The predicted octanol–water partition coefficient (Wildman–Crippen LogP) is 7.14. The first-order chi connectivity index (χ1) is 14.0. The van der Waals surface area contributed by atoms with Gasteiger partial charge in [0.05, 0.1) is 11.6 Å². The molecule has 29 heavy (non-hydrogen) atoms. The maximum absolute atomic E-state index is 13.3. The summed E-state index contributed by atoms with van der Waals surface area (Å²) in [5.74, 6) is 0.918. The smallest absolute Gasteiger partial charge is 0.162 e. The van der Waals surface area contributed by atoms with Crippen molar-refractivity contribution in [3.8, 4) is 11.5 Å². The van der Waals surface area contributed by atoms with Crippen LogP contribution in [0.3, 0.4) is 0 Å². The number of rotatable bonds is 8. The van der Waals surface area contributed by atoms with Gasteiger partial charge in [-0.15, -0.1) is 0 Å². The summed E-state index contributed by atoms with van der Waals surface area (Å²) in [4.78, 5) is 0. The molecule has 0 bridgehead atoms. The summed E-state index contributed by atoms with van der Waals surface area (Å²) in [6.45, 7) is 5.51. The second kappa shape index (κ2) is 9.99. The number of anilines is 1. The van der Waals surface area contributed by atoms with Crippen molar-refractivity contribution in [3.63, 3.8) is 0 Å². The first-order valence-corrected chi connectivity index (χ1v) is 10.5. The Hall–Kier alpha value is -2.24. The van der Waals surface area contributed by atoms with E-state index in [1.807, 2.05) is 31.2 Å². The van der Waals surface area contributed by atoms with Gasteiger partial charge in [-0.25, -0.2) is 4.39 Å². The third-order valence-electron chi connectivity index (χ3n) is 4.46. The van der Waals surface area contributed by atoms with Crippen LogP contribution in [-0.2, 0) is 13.2 Å². The topological polar surface area (TPSA) is 30.5 Å². The van der Waals surface area contributed by atoms with Gasteiger partial charge < -0.3 is 14.8 Å². The van der Waals surface area contributed by atoms with E-state index in [4.69, 9.17) is 21.1 Å². The van der Waals surface area contributed by atoms with Crippen molar-refractivity contribution in [1.82, 2.24) is 0 Å². The van der Waals surface area contributed by atoms with E-state index in [1.54, 1.807) is 12.1 Å². The molecule has 152 valence electrons. The zero-order chi connectivity index (χ0) is 20.8. The molecule has 0 atom stereocenters. The number of nitrogens with one attached hydrogen (secondary N) is 1. The SMILES string of the molecule is CCOc1cc(CNc2ccc(F)c(Cl)c2)c(Br)cc1OCc1ccccc1C. The standard InChI is InChI=1S/C23H22BrClFNO2/c1-3-28-22-10-17(13-27-18-8-9-21(26)20(25)11-18)19(24)12-23(22)29-14-16-7-5-4-6-15(16)2/h4-12,27H,3,13-14H2,1-2H3. The van der Waals surface area contributed by atoms with Crippen molar-refractivity contribution in [1.29, 1.82) is 0 Å². The fourth-order valence-corrected chi connectivity index (χ4v) is 3.47. The van der Waals surface area contributed by atoms with Crippen molar-refractivity contribution in [2.24, 2.45) is 0 Å². The molecular formula is C23H22BrClFNO2. The summed E-state index contributed by atoms with van der Waals surface area (Å²) in [6, 6.07) is 16.5. The molecular weight excluding hydrogens is 457 g/mol. The van der Waals surface area contributed by atoms with Gasteiger partial charge in [0.2, 0.25) is 0 Å². The Morgan fingerprint density at radius 1 is 1.00 bits per heavy atom. The van der Waals surface area contributed by atoms with E-state index in [1.165, 1.54) is 11.6 Å². The maximum Gasteiger partial charge on any atom is 0.162 e. The van der Waals surface area contributed by atoms with E-state index in [0.717, 1.165) is 21.3 Å². The summed E-state index contributed by atoms with van der Waals surface area (Å²) in [5.41, 5.74) is 4.03. The molecule has 3 aromatic rings. The van der Waals surface area contributed by atoms with Crippen molar-refractivity contribution in [3.05, 3.63) is 86.6 Å². The first-order valence-electron chi connectivity index (χ1n) is 9.29. The monoisotopic (exact) mass is 477 g/mol. The lowest BCUT2D eigenvalue weighted by Crippen LogP contribution is -2.04. The lowest BCUT2D eigenvalue weighted by Gasteiger charge is -2.16. The molecule has 0 unspecified atom stereocenters. The van der Waals surface area contributed by atoms with Crippen LogP contribution < -0.4 is 14.8 Å². The number of benzene rings is 3. The molecule has 6 heteroatoms. The maximum atomic E-state index is 13.3. The summed E-state index contributed by atoms with van der Waals surface area (Å²) in [5, 5.41) is 3.33. The number of ether oxygens (including phenoxy) is 2. The molecule has 0 heterocycles. The van der Waals surface area contributed by atoms with Gasteiger partial charge >= 0.3 is 0 Å². The van der Waals surface area contributed by atoms with Crippen LogP contribution in [0.5, 0.6) is 11.5 Å². The van der Waals surface area contributed by atoms with E-state index >= 15 is 0 Å². The van der Waals surface area contributed by atoms with E-state index in [9.17, 15) is 4.39 Å². The van der Waals surface area contributed by atoms with Crippen molar-refractivity contribution in [2.75, 3.05) is 11.9 Å². The van der Waals surface area contributed by atoms with Gasteiger partial charge in [0.15, 0.2) is 11.5 Å². The van der Waals surface area contributed by atoms with Crippen LogP contribution in [-0.4, -0.2) is 6.61 Å². The Labute approximate surface area is 183 Å². The van der Waals surface area contributed by atoms with Gasteiger partial charge in [0.25, 0.3) is 0 Å². The van der Waals surface area contributed by atoms with Crippen LogP contribution in [0.4, 0.5) is 10.1 Å². The highest BCUT2D eigenvalue weighted by molar-refractivity contribution is 9.10. The van der Waals surface area contributed by atoms with Gasteiger partial charge in [-0.3, -0.25) is 0 Å². The molecule has 0 saturated heterocycles. The van der Waals surface area contributed by atoms with Crippen LogP contribution in [0.2, 0.25) is 5.02 Å². The fourth-order valence-electron chi connectivity index (χ4n) is 2.82. The van der Waals surface area contributed by atoms with Crippen molar-refractivity contribution >= 4 is 33.2 Å². The van der Waals surface area contributed by atoms with Gasteiger partial charge in [0, 0.05) is 16.7 Å². The molecule has 3 aromatic carbocycles. The Morgan fingerprint density at radius 3 is 2.48 bits per heavy atom. The summed E-state index contributed by atoms with van der Waals surface area (Å²) in [7, 11) is 0. The summed E-state index contributed by atoms with van der Waals surface area (Å²) >= 11 is 9.46. The Bertz CT molecular complexity index is 997. The Kier molecular flexibility index (Phi) is 7.40. The molecule has 0 aromatic heterocycles. The van der Waals surface area contributed by atoms with Crippen LogP contribution >= 0.6 is 27.5 Å². The molecule has 0 aliphatic rings. The second-order valence-corrected chi connectivity index (χ2v) is 7.78. The van der Waals surface area contributed by atoms with E-state index in [-0.39, 0.29) is 5.02 Å². The number of hydrogen-bond donors (Lipinski definition) is 1. The normalized spacial score (nSPS) is 10.7. The lowest BCUT2D eigenvalue weighted by molar-refractivity contribution is 0.268. The molecule has 0 saturated carbocycles. The Morgan fingerprint density at radius 2 is 1.76 bits per heavy atom. The molecule has 3 rings (SSSR count). The largest absolute Gasteiger partial charge is 0.490 e. The average Bonchev–Trinajstić information content (AvgIpc) is 2.70. The van der Waals surface area contributed by atoms with Gasteiger partial charge in [-0.1, -0.05) is 51.8 Å². The molecule has 0 radical (unpaired) electrons. The molecule has 3 nitrogen and oxygen atoms in total. The minimum absolute atomic E-state index is 0.0871. The zero-order valence-corrected chi connectivity index (χ0v) is 18.6. The molecule has 0 aliphatic heterocycles. The molecule has 1 N–H and O–H groups in total. The van der Waals surface area contributed by atoms with Crippen LogP contribution in [0.25, 0.3) is 0 Å². The van der Waals surface area contributed by atoms with E-state index in [0.29, 0.717) is 31.3 Å². The van der Waals surface area contributed by atoms with Crippen LogP contribution in [0.15, 0.2) is 59.1 Å². The van der Waals surface area contributed by atoms with Crippen LogP contribution in [0, 0.1) is 12.7 Å². The fraction of sp³-hybridized carbons (Fsp3) is 0.217. The van der Waals surface area contributed by atoms with Gasteiger partial charge in [-0.2, -0.15) is 0 Å². The highest BCUT2D eigenvalue weighted by Gasteiger charge is 2.12. The summed E-state index contributed by atoms with van der Waals surface area (Å²) in [6.07, 6.45) is 0. The lowest BCUT2D eigenvalue weighted by atomic mass is 10.1. The highest BCUT2D eigenvalue weighted by Crippen LogP contribution is 2.35. The Balaban J connectivity index is 1.76. The zero-order valence-electron chi connectivity index (χ0n) is 16.3. The third-order valence-corrected chi connectivity index (χ3v) is 5.49. The van der Waals surface area contributed by atoms with Gasteiger partial charge in [-0.05, 0) is 60.9 Å². The number of hydrogen-bond acceptors (Lipinski definition) is 3. The first kappa shape index (κ1) is 21.5. The minimum atomic E-state index is -0.438. The minimum Gasteiger partial charge on any atom is -0.490 e. The molecule has 0 aliphatic carbocycles. The predicted molar refractivity (Wildman–Crippen MR) is 120 cm³/mol. The van der Waals surface area contributed by atoms with E-state index < -0.39 is 5.82 Å². The molecule has 0 fully saturated rings. The number of aryl methyl sites for hydroxylation is 1. The van der Waals surface area contributed by atoms with Crippen LogP contribution in [0.1, 0.15) is 23.6 Å². The molecule has 0 spiro atoms. The van der Waals surface area contributed by atoms with Crippen molar-refractivity contribution in [2.45, 2.75) is 27.0 Å². The second-order valence-electron chi connectivity index (χ2n) is 6.52. The average molecular weight is 479 g/mol. The highest BCUT2D eigenvalue weighted by atomic mass is 79.9. The van der Waals surface area contributed by atoms with Crippen molar-refractivity contribution < 1.29 is 13.9 Å². The third kappa shape index (κ3) is 5.64. The quantitative estimate of drug-likeness (QED) is 0.373. The molecule has 0 amide bonds. The van der Waals surface area contributed by atoms with Gasteiger partial charge in [0.1, 0.15) is 12.4 Å². The van der Waals surface area contributed by atoms with E-state index in [2.05, 4.69) is 40.3 Å².